The smallest absolute Gasteiger partial charge is 0.230 e. The van der Waals surface area contributed by atoms with Gasteiger partial charge in [0.1, 0.15) is 0 Å². The Bertz CT molecular complexity index is 490. The molecule has 1 aromatic carbocycles. The molecule has 1 saturated carbocycles. The molecular formula is C16H22N2O. The summed E-state index contributed by atoms with van der Waals surface area (Å²) >= 11 is 0. The largest absolute Gasteiger partial charge is 0.385 e. The fourth-order valence-electron chi connectivity index (χ4n) is 3.20. The summed E-state index contributed by atoms with van der Waals surface area (Å²) in [5.41, 5.74) is 3.30. The van der Waals surface area contributed by atoms with Gasteiger partial charge in [0.05, 0.1) is 0 Å². The predicted molar refractivity (Wildman–Crippen MR) is 78.5 cm³/mol. The van der Waals surface area contributed by atoms with E-state index in [9.17, 15) is 4.79 Å². The number of hydrogen-bond acceptors (Lipinski definition) is 2. The molecule has 0 spiro atoms. The van der Waals surface area contributed by atoms with E-state index in [2.05, 4.69) is 29.7 Å². The van der Waals surface area contributed by atoms with Crippen molar-refractivity contribution in [1.82, 2.24) is 0 Å². The van der Waals surface area contributed by atoms with Crippen molar-refractivity contribution < 1.29 is 4.79 Å². The first kappa shape index (κ1) is 12.5. The highest BCUT2D eigenvalue weighted by atomic mass is 16.2. The number of aryl methyl sites for hydroxylation is 1. The summed E-state index contributed by atoms with van der Waals surface area (Å²) in [6.07, 6.45) is 6.71. The van der Waals surface area contributed by atoms with Crippen molar-refractivity contribution in [3.63, 3.8) is 0 Å². The lowest BCUT2D eigenvalue weighted by molar-refractivity contribution is -0.124. The zero-order valence-electron chi connectivity index (χ0n) is 11.6. The molecule has 0 atom stereocenters. The van der Waals surface area contributed by atoms with Crippen LogP contribution in [0.1, 0.15) is 44.6 Å². The van der Waals surface area contributed by atoms with E-state index in [1.54, 1.807) is 0 Å². The van der Waals surface area contributed by atoms with Crippen LogP contribution in [0.5, 0.6) is 0 Å². The van der Waals surface area contributed by atoms with Crippen LogP contribution in [0.25, 0.3) is 0 Å². The lowest BCUT2D eigenvalue weighted by Crippen LogP contribution is -2.30. The van der Waals surface area contributed by atoms with Crippen LogP contribution in [-0.4, -0.2) is 12.5 Å². The molecule has 3 heteroatoms. The van der Waals surface area contributed by atoms with Crippen molar-refractivity contribution in [1.29, 1.82) is 0 Å². The van der Waals surface area contributed by atoms with Crippen LogP contribution in [0, 0.1) is 5.41 Å². The van der Waals surface area contributed by atoms with Gasteiger partial charge in [0.15, 0.2) is 0 Å². The number of rotatable bonds is 2. The van der Waals surface area contributed by atoms with Crippen LogP contribution in [0.4, 0.5) is 11.4 Å². The maximum atomic E-state index is 12.4. The second kappa shape index (κ2) is 4.87. The molecule has 1 aliphatic heterocycles. The zero-order valence-corrected chi connectivity index (χ0v) is 11.6. The molecule has 2 aliphatic rings. The van der Waals surface area contributed by atoms with Gasteiger partial charge < -0.3 is 10.6 Å². The molecule has 0 bridgehead atoms. The normalized spacial score (nSPS) is 20.5. The molecular weight excluding hydrogens is 236 g/mol. The Morgan fingerprint density at radius 2 is 2.05 bits per heavy atom. The first-order chi connectivity index (χ1) is 9.17. The highest BCUT2D eigenvalue weighted by molar-refractivity contribution is 5.95. The molecule has 3 nitrogen and oxygen atoms in total. The van der Waals surface area contributed by atoms with Crippen LogP contribution >= 0.6 is 0 Å². The van der Waals surface area contributed by atoms with Gasteiger partial charge >= 0.3 is 0 Å². The summed E-state index contributed by atoms with van der Waals surface area (Å²) in [7, 11) is 0. The molecule has 19 heavy (non-hydrogen) atoms. The Labute approximate surface area is 114 Å². The number of carbonyl (C=O) groups is 1. The molecule has 0 aromatic heterocycles. The first-order valence-electron chi connectivity index (χ1n) is 7.36. The molecule has 0 radical (unpaired) electrons. The highest BCUT2D eigenvalue weighted by Crippen LogP contribution is 2.38. The van der Waals surface area contributed by atoms with Crippen molar-refractivity contribution in [2.75, 3.05) is 17.2 Å². The van der Waals surface area contributed by atoms with Crippen LogP contribution in [-0.2, 0) is 11.2 Å². The number of benzene rings is 1. The van der Waals surface area contributed by atoms with Crippen molar-refractivity contribution in [3.8, 4) is 0 Å². The minimum atomic E-state index is -0.163. The van der Waals surface area contributed by atoms with Gasteiger partial charge in [-0.2, -0.15) is 0 Å². The maximum absolute atomic E-state index is 12.4. The highest BCUT2D eigenvalue weighted by Gasteiger charge is 2.36. The van der Waals surface area contributed by atoms with Gasteiger partial charge in [-0.25, -0.2) is 0 Å². The summed E-state index contributed by atoms with van der Waals surface area (Å²) in [5.74, 6) is 0.181. The molecule has 1 aromatic rings. The third-order valence-electron chi connectivity index (χ3n) is 4.56. The number of anilines is 2. The van der Waals surface area contributed by atoms with E-state index in [1.807, 2.05) is 6.07 Å². The van der Waals surface area contributed by atoms with Gasteiger partial charge in [-0.15, -0.1) is 0 Å². The van der Waals surface area contributed by atoms with Crippen LogP contribution in [0.3, 0.4) is 0 Å². The van der Waals surface area contributed by atoms with Gasteiger partial charge in [-0.3, -0.25) is 4.79 Å². The van der Waals surface area contributed by atoms with Crippen molar-refractivity contribution in [3.05, 3.63) is 23.8 Å². The Kier molecular flexibility index (Phi) is 3.21. The van der Waals surface area contributed by atoms with E-state index in [0.717, 1.165) is 31.5 Å². The summed E-state index contributed by atoms with van der Waals surface area (Å²) in [6.45, 7) is 3.12. The van der Waals surface area contributed by atoms with E-state index in [4.69, 9.17) is 0 Å². The third-order valence-corrected chi connectivity index (χ3v) is 4.56. The van der Waals surface area contributed by atoms with Crippen molar-refractivity contribution >= 4 is 17.3 Å². The lowest BCUT2D eigenvalue weighted by atomic mass is 9.87. The number of carbonyl (C=O) groups excluding carboxylic acids is 1. The van der Waals surface area contributed by atoms with Crippen molar-refractivity contribution in [2.24, 2.45) is 5.41 Å². The van der Waals surface area contributed by atoms with Crippen LogP contribution < -0.4 is 10.6 Å². The van der Waals surface area contributed by atoms with Gasteiger partial charge in [0.2, 0.25) is 5.91 Å². The third kappa shape index (κ3) is 2.46. The molecule has 1 fully saturated rings. The number of amides is 1. The second-order valence-electron chi connectivity index (χ2n) is 6.12. The van der Waals surface area contributed by atoms with E-state index >= 15 is 0 Å². The van der Waals surface area contributed by atoms with E-state index in [1.165, 1.54) is 30.5 Å². The Morgan fingerprint density at radius 1 is 1.26 bits per heavy atom. The molecule has 0 unspecified atom stereocenters. The molecule has 2 N–H and O–H groups in total. The van der Waals surface area contributed by atoms with Crippen molar-refractivity contribution in [2.45, 2.75) is 45.4 Å². The molecule has 1 heterocycles. The number of fused-ring (bicyclic) bond motifs is 1. The summed E-state index contributed by atoms with van der Waals surface area (Å²) < 4.78 is 0. The van der Waals surface area contributed by atoms with Gasteiger partial charge in [-0.1, -0.05) is 25.8 Å². The fraction of sp³-hybridized carbons (Fsp3) is 0.562. The lowest BCUT2D eigenvalue weighted by Gasteiger charge is -2.23. The second-order valence-corrected chi connectivity index (χ2v) is 6.12. The number of hydrogen-bond donors (Lipinski definition) is 2. The average molecular weight is 258 g/mol. The number of nitrogens with one attached hydrogen (secondary N) is 2. The van der Waals surface area contributed by atoms with E-state index < -0.39 is 0 Å². The molecule has 102 valence electrons. The fourth-order valence-corrected chi connectivity index (χ4v) is 3.20. The molecule has 1 aliphatic carbocycles. The molecule has 0 saturated heterocycles. The minimum Gasteiger partial charge on any atom is -0.385 e. The Morgan fingerprint density at radius 3 is 2.84 bits per heavy atom. The summed E-state index contributed by atoms with van der Waals surface area (Å²) in [5, 5.41) is 6.50. The topological polar surface area (TPSA) is 41.1 Å². The summed E-state index contributed by atoms with van der Waals surface area (Å²) in [6, 6.07) is 6.24. The average Bonchev–Trinajstić information content (AvgIpc) is 2.87. The molecule has 3 rings (SSSR count). The minimum absolute atomic E-state index is 0.163. The molecule has 1 amide bonds. The summed E-state index contributed by atoms with van der Waals surface area (Å²) in [4.78, 5) is 12.4. The standard InChI is InChI=1S/C16H22N2O/c1-16(8-2-3-9-16)15(19)18-13-7-6-12-5-4-10-17-14(12)11-13/h6-7,11,17H,2-5,8-10H2,1H3,(H,18,19). The monoisotopic (exact) mass is 258 g/mol. The van der Waals surface area contributed by atoms with Gasteiger partial charge in [-0.05, 0) is 43.4 Å². The maximum Gasteiger partial charge on any atom is 0.230 e. The Balaban J connectivity index is 1.74. The quantitative estimate of drug-likeness (QED) is 0.851. The predicted octanol–water partition coefficient (Wildman–Crippen LogP) is 3.56. The first-order valence-corrected chi connectivity index (χ1v) is 7.36. The Hall–Kier alpha value is -1.51. The van der Waals surface area contributed by atoms with Gasteiger partial charge in [0, 0.05) is 23.3 Å². The zero-order chi connectivity index (χ0) is 13.3. The van der Waals surface area contributed by atoms with Gasteiger partial charge in [0.25, 0.3) is 0 Å². The van der Waals surface area contributed by atoms with E-state index in [-0.39, 0.29) is 11.3 Å². The van der Waals surface area contributed by atoms with Crippen LogP contribution in [0.15, 0.2) is 18.2 Å². The van der Waals surface area contributed by atoms with E-state index in [0.29, 0.717) is 0 Å². The van der Waals surface area contributed by atoms with Crippen LogP contribution in [0.2, 0.25) is 0 Å². The SMILES string of the molecule is CC1(C(=O)Nc2ccc3c(c2)NCCC3)CCCC1.